The molecule has 2 rings (SSSR count). The highest BCUT2D eigenvalue weighted by molar-refractivity contribution is 4.70. The van der Waals surface area contributed by atoms with Crippen molar-refractivity contribution in [2.75, 3.05) is 39.5 Å². The molecule has 0 aromatic carbocycles. The molecular formula is C15H29NO3. The average molecular weight is 271 g/mol. The highest BCUT2D eigenvalue weighted by Gasteiger charge is 2.17. The lowest BCUT2D eigenvalue weighted by Crippen LogP contribution is -2.36. The first kappa shape index (κ1) is 15.2. The van der Waals surface area contributed by atoms with Crippen LogP contribution in [-0.4, -0.2) is 61.7 Å². The Morgan fingerprint density at radius 1 is 0.947 bits per heavy atom. The predicted octanol–water partition coefficient (Wildman–Crippen LogP) is 1.81. The first-order valence-electron chi connectivity index (χ1n) is 7.94. The maximum atomic E-state index is 9.42. The number of aliphatic hydroxyl groups excluding tert-OH is 1. The standard InChI is InChI=1S/C15H29NO3/c17-14-6-9-16(10-7-14)8-2-11-18-12-3-13-19-15-4-1-5-15/h14-15,17H,1-13H2. The van der Waals surface area contributed by atoms with Gasteiger partial charge in [0.15, 0.2) is 0 Å². The van der Waals surface area contributed by atoms with E-state index >= 15 is 0 Å². The Labute approximate surface area is 117 Å². The van der Waals surface area contributed by atoms with Crippen molar-refractivity contribution < 1.29 is 14.6 Å². The molecule has 0 amide bonds. The SMILES string of the molecule is OC1CCN(CCCOCCCOC2CCC2)CC1. The summed E-state index contributed by atoms with van der Waals surface area (Å²) in [4.78, 5) is 2.43. The Hall–Kier alpha value is -0.160. The van der Waals surface area contributed by atoms with Crippen molar-refractivity contribution in [3.8, 4) is 0 Å². The lowest BCUT2D eigenvalue weighted by Gasteiger charge is -2.29. The van der Waals surface area contributed by atoms with Gasteiger partial charge in [0.05, 0.1) is 12.2 Å². The summed E-state index contributed by atoms with van der Waals surface area (Å²) < 4.78 is 11.3. The third-order valence-corrected chi connectivity index (χ3v) is 4.16. The van der Waals surface area contributed by atoms with E-state index in [9.17, 15) is 5.11 Å². The van der Waals surface area contributed by atoms with Gasteiger partial charge in [-0.05, 0) is 44.9 Å². The minimum absolute atomic E-state index is 0.0665. The summed E-state index contributed by atoms with van der Waals surface area (Å²) in [5, 5.41) is 9.42. The highest BCUT2D eigenvalue weighted by Crippen LogP contribution is 2.21. The molecule has 1 saturated carbocycles. The summed E-state index contributed by atoms with van der Waals surface area (Å²) in [7, 11) is 0. The van der Waals surface area contributed by atoms with Gasteiger partial charge in [-0.2, -0.15) is 0 Å². The number of ether oxygens (including phenoxy) is 2. The molecule has 1 aliphatic carbocycles. The predicted molar refractivity (Wildman–Crippen MR) is 75.3 cm³/mol. The van der Waals surface area contributed by atoms with Crippen molar-refractivity contribution in [1.29, 1.82) is 0 Å². The fourth-order valence-electron chi connectivity index (χ4n) is 2.58. The van der Waals surface area contributed by atoms with E-state index in [1.807, 2.05) is 0 Å². The van der Waals surface area contributed by atoms with E-state index in [1.54, 1.807) is 0 Å². The Morgan fingerprint density at radius 2 is 1.68 bits per heavy atom. The molecule has 0 unspecified atom stereocenters. The number of piperidine rings is 1. The fourth-order valence-corrected chi connectivity index (χ4v) is 2.58. The second-order valence-corrected chi connectivity index (χ2v) is 5.82. The zero-order chi connectivity index (χ0) is 13.3. The van der Waals surface area contributed by atoms with Gasteiger partial charge in [-0.3, -0.25) is 0 Å². The lowest BCUT2D eigenvalue weighted by molar-refractivity contribution is -0.00891. The molecule has 0 spiro atoms. The van der Waals surface area contributed by atoms with Crippen molar-refractivity contribution >= 4 is 0 Å². The molecule has 0 aromatic rings. The van der Waals surface area contributed by atoms with E-state index in [0.717, 1.165) is 65.1 Å². The summed E-state index contributed by atoms with van der Waals surface area (Å²) in [6.45, 7) is 5.71. The van der Waals surface area contributed by atoms with Gasteiger partial charge in [-0.15, -0.1) is 0 Å². The number of nitrogens with zero attached hydrogens (tertiary/aromatic N) is 1. The van der Waals surface area contributed by atoms with Gasteiger partial charge in [0.1, 0.15) is 0 Å². The van der Waals surface area contributed by atoms with Gasteiger partial charge < -0.3 is 19.5 Å². The summed E-state index contributed by atoms with van der Waals surface area (Å²) in [6, 6.07) is 0. The first-order valence-corrected chi connectivity index (χ1v) is 7.94. The maximum Gasteiger partial charge on any atom is 0.0575 e. The molecule has 0 bridgehead atoms. The smallest absolute Gasteiger partial charge is 0.0575 e. The summed E-state index contributed by atoms with van der Waals surface area (Å²) in [6.07, 6.45) is 8.31. The second kappa shape index (κ2) is 8.90. The van der Waals surface area contributed by atoms with Gasteiger partial charge in [0, 0.05) is 39.5 Å². The summed E-state index contributed by atoms with van der Waals surface area (Å²) in [5.74, 6) is 0. The minimum Gasteiger partial charge on any atom is -0.393 e. The van der Waals surface area contributed by atoms with Crippen LogP contribution >= 0.6 is 0 Å². The molecule has 2 aliphatic rings. The quantitative estimate of drug-likeness (QED) is 0.649. The van der Waals surface area contributed by atoms with Gasteiger partial charge in [-0.25, -0.2) is 0 Å². The van der Waals surface area contributed by atoms with Crippen LogP contribution < -0.4 is 0 Å². The summed E-state index contributed by atoms with van der Waals surface area (Å²) in [5.41, 5.74) is 0. The topological polar surface area (TPSA) is 41.9 Å². The Bertz CT molecular complexity index is 225. The number of rotatable bonds is 9. The van der Waals surface area contributed by atoms with E-state index in [1.165, 1.54) is 19.3 Å². The van der Waals surface area contributed by atoms with Crippen LogP contribution in [0, 0.1) is 0 Å². The number of hydrogen-bond acceptors (Lipinski definition) is 4. The van der Waals surface area contributed by atoms with E-state index in [2.05, 4.69) is 4.90 Å². The molecule has 0 aromatic heterocycles. The third kappa shape index (κ3) is 6.21. The van der Waals surface area contributed by atoms with Crippen molar-refractivity contribution in [3.05, 3.63) is 0 Å². The van der Waals surface area contributed by atoms with Crippen LogP contribution in [0.5, 0.6) is 0 Å². The lowest BCUT2D eigenvalue weighted by atomic mass is 9.96. The van der Waals surface area contributed by atoms with Crippen LogP contribution in [0.25, 0.3) is 0 Å². The van der Waals surface area contributed by atoms with Crippen LogP contribution in [0.1, 0.15) is 44.9 Å². The largest absolute Gasteiger partial charge is 0.393 e. The van der Waals surface area contributed by atoms with Crippen LogP contribution in [0.2, 0.25) is 0 Å². The van der Waals surface area contributed by atoms with Crippen molar-refractivity contribution in [2.24, 2.45) is 0 Å². The number of hydrogen-bond donors (Lipinski definition) is 1. The molecular weight excluding hydrogens is 242 g/mol. The van der Waals surface area contributed by atoms with Gasteiger partial charge in [0.25, 0.3) is 0 Å². The monoisotopic (exact) mass is 271 g/mol. The van der Waals surface area contributed by atoms with Crippen LogP contribution in [-0.2, 0) is 9.47 Å². The van der Waals surface area contributed by atoms with Crippen LogP contribution in [0.3, 0.4) is 0 Å². The van der Waals surface area contributed by atoms with Gasteiger partial charge in [-0.1, -0.05) is 0 Å². The Balaban J connectivity index is 1.32. The fraction of sp³-hybridized carbons (Fsp3) is 1.00. The molecule has 1 N–H and O–H groups in total. The molecule has 1 aliphatic heterocycles. The van der Waals surface area contributed by atoms with E-state index < -0.39 is 0 Å². The van der Waals surface area contributed by atoms with E-state index in [4.69, 9.17) is 9.47 Å². The Morgan fingerprint density at radius 3 is 2.37 bits per heavy atom. The molecule has 1 saturated heterocycles. The highest BCUT2D eigenvalue weighted by atomic mass is 16.5. The maximum absolute atomic E-state index is 9.42. The van der Waals surface area contributed by atoms with Gasteiger partial charge >= 0.3 is 0 Å². The molecule has 19 heavy (non-hydrogen) atoms. The van der Waals surface area contributed by atoms with Crippen molar-refractivity contribution in [2.45, 2.75) is 57.2 Å². The summed E-state index contributed by atoms with van der Waals surface area (Å²) >= 11 is 0. The molecule has 112 valence electrons. The van der Waals surface area contributed by atoms with Crippen LogP contribution in [0.4, 0.5) is 0 Å². The third-order valence-electron chi connectivity index (χ3n) is 4.16. The molecule has 4 heteroatoms. The normalized spacial score (nSPS) is 22.6. The number of likely N-dealkylation sites (tertiary alicyclic amines) is 1. The van der Waals surface area contributed by atoms with Crippen LogP contribution in [0.15, 0.2) is 0 Å². The molecule has 0 atom stereocenters. The molecule has 2 fully saturated rings. The molecule has 4 nitrogen and oxygen atoms in total. The van der Waals surface area contributed by atoms with E-state index in [-0.39, 0.29) is 6.10 Å². The zero-order valence-electron chi connectivity index (χ0n) is 12.1. The van der Waals surface area contributed by atoms with Crippen molar-refractivity contribution in [3.63, 3.8) is 0 Å². The first-order chi connectivity index (χ1) is 9.34. The number of aliphatic hydroxyl groups is 1. The average Bonchev–Trinajstić information content (AvgIpc) is 2.37. The minimum atomic E-state index is -0.0665. The van der Waals surface area contributed by atoms with E-state index in [0.29, 0.717) is 6.10 Å². The second-order valence-electron chi connectivity index (χ2n) is 5.82. The van der Waals surface area contributed by atoms with Crippen molar-refractivity contribution in [1.82, 2.24) is 4.90 Å². The van der Waals surface area contributed by atoms with Gasteiger partial charge in [0.2, 0.25) is 0 Å². The molecule has 0 radical (unpaired) electrons. The molecule has 1 heterocycles. The Kier molecular flexibility index (Phi) is 7.14. The zero-order valence-corrected chi connectivity index (χ0v) is 12.1.